The summed E-state index contributed by atoms with van der Waals surface area (Å²) in [6, 6.07) is 8.04. The van der Waals surface area contributed by atoms with Gasteiger partial charge in [0.2, 0.25) is 0 Å². The first-order valence-electron chi connectivity index (χ1n) is 6.73. The zero-order valence-electron chi connectivity index (χ0n) is 10.8. The first kappa shape index (κ1) is 13.8. The minimum atomic E-state index is 0.803. The summed E-state index contributed by atoms with van der Waals surface area (Å²) in [7, 11) is 0. The van der Waals surface area contributed by atoms with Crippen LogP contribution < -0.4 is 10.6 Å². The molecule has 0 aliphatic carbocycles. The molecular formula is C14H22ClN3. The van der Waals surface area contributed by atoms with Crippen LogP contribution >= 0.6 is 11.6 Å². The van der Waals surface area contributed by atoms with Gasteiger partial charge in [-0.05, 0) is 37.2 Å². The maximum Gasteiger partial charge on any atom is 0.0406 e. The van der Waals surface area contributed by atoms with E-state index in [2.05, 4.69) is 27.7 Å². The standard InChI is InChI=1S/C14H22ClN3/c15-14-4-2-13(3-5-14)12-17-6-1-9-18-10-7-16-8-11-18/h2-5,16-17H,1,6-12H2. The van der Waals surface area contributed by atoms with Crippen molar-refractivity contribution in [2.75, 3.05) is 39.3 Å². The highest BCUT2D eigenvalue weighted by Gasteiger charge is 2.07. The second-order valence-electron chi connectivity index (χ2n) is 4.75. The van der Waals surface area contributed by atoms with E-state index >= 15 is 0 Å². The van der Waals surface area contributed by atoms with Crippen molar-refractivity contribution in [3.05, 3.63) is 34.9 Å². The molecule has 1 aliphatic rings. The second kappa shape index (κ2) is 7.74. The Morgan fingerprint density at radius 2 is 1.89 bits per heavy atom. The van der Waals surface area contributed by atoms with Crippen LogP contribution in [0.4, 0.5) is 0 Å². The molecule has 1 aliphatic heterocycles. The maximum absolute atomic E-state index is 5.85. The molecule has 3 nitrogen and oxygen atoms in total. The molecule has 1 aromatic rings. The highest BCUT2D eigenvalue weighted by Crippen LogP contribution is 2.09. The second-order valence-corrected chi connectivity index (χ2v) is 5.18. The van der Waals surface area contributed by atoms with Crippen LogP contribution in [-0.4, -0.2) is 44.2 Å². The van der Waals surface area contributed by atoms with E-state index in [-0.39, 0.29) is 0 Å². The summed E-state index contributed by atoms with van der Waals surface area (Å²) in [6.07, 6.45) is 1.22. The van der Waals surface area contributed by atoms with Gasteiger partial charge in [-0.1, -0.05) is 23.7 Å². The van der Waals surface area contributed by atoms with Crippen LogP contribution in [0.25, 0.3) is 0 Å². The van der Waals surface area contributed by atoms with Crippen molar-refractivity contribution in [2.45, 2.75) is 13.0 Å². The van der Waals surface area contributed by atoms with Gasteiger partial charge in [-0.25, -0.2) is 0 Å². The first-order chi connectivity index (χ1) is 8.84. The van der Waals surface area contributed by atoms with Gasteiger partial charge in [0.15, 0.2) is 0 Å². The van der Waals surface area contributed by atoms with Gasteiger partial charge in [0.1, 0.15) is 0 Å². The number of nitrogens with zero attached hydrogens (tertiary/aromatic N) is 1. The Kier molecular flexibility index (Phi) is 5.94. The van der Waals surface area contributed by atoms with Crippen molar-refractivity contribution in [2.24, 2.45) is 0 Å². The van der Waals surface area contributed by atoms with Gasteiger partial charge in [-0.3, -0.25) is 0 Å². The zero-order chi connectivity index (χ0) is 12.6. The Morgan fingerprint density at radius 1 is 1.17 bits per heavy atom. The lowest BCUT2D eigenvalue weighted by atomic mass is 10.2. The predicted octanol–water partition coefficient (Wildman–Crippen LogP) is 1.72. The summed E-state index contributed by atoms with van der Waals surface area (Å²) in [5.41, 5.74) is 1.29. The van der Waals surface area contributed by atoms with Crippen molar-refractivity contribution in [1.29, 1.82) is 0 Å². The molecule has 1 fully saturated rings. The Morgan fingerprint density at radius 3 is 2.61 bits per heavy atom. The quantitative estimate of drug-likeness (QED) is 0.769. The largest absolute Gasteiger partial charge is 0.314 e. The molecule has 4 heteroatoms. The van der Waals surface area contributed by atoms with Gasteiger partial charge in [0, 0.05) is 37.7 Å². The van der Waals surface area contributed by atoms with Crippen molar-refractivity contribution < 1.29 is 0 Å². The van der Waals surface area contributed by atoms with Crippen LogP contribution in [0.2, 0.25) is 5.02 Å². The molecule has 100 valence electrons. The average Bonchev–Trinajstić information content (AvgIpc) is 2.42. The molecule has 0 radical (unpaired) electrons. The number of nitrogens with one attached hydrogen (secondary N) is 2. The highest BCUT2D eigenvalue weighted by molar-refractivity contribution is 6.30. The molecule has 0 unspecified atom stereocenters. The summed E-state index contributed by atoms with van der Waals surface area (Å²) in [4.78, 5) is 2.53. The summed E-state index contributed by atoms with van der Waals surface area (Å²) in [5.74, 6) is 0. The smallest absolute Gasteiger partial charge is 0.0406 e. The molecule has 2 rings (SSSR count). The van der Waals surface area contributed by atoms with Crippen molar-refractivity contribution in [1.82, 2.24) is 15.5 Å². The van der Waals surface area contributed by atoms with Gasteiger partial charge in [-0.15, -0.1) is 0 Å². The van der Waals surface area contributed by atoms with E-state index in [1.807, 2.05) is 12.1 Å². The summed E-state index contributed by atoms with van der Waals surface area (Å²) in [5, 5.41) is 7.65. The molecule has 18 heavy (non-hydrogen) atoms. The fraction of sp³-hybridized carbons (Fsp3) is 0.571. The first-order valence-corrected chi connectivity index (χ1v) is 7.10. The van der Waals surface area contributed by atoms with E-state index < -0.39 is 0 Å². The van der Waals surface area contributed by atoms with Crippen LogP contribution in [0.3, 0.4) is 0 Å². The highest BCUT2D eigenvalue weighted by atomic mass is 35.5. The van der Waals surface area contributed by atoms with Crippen LogP contribution in [0.1, 0.15) is 12.0 Å². The van der Waals surface area contributed by atoms with Crippen molar-refractivity contribution in [3.63, 3.8) is 0 Å². The Hall–Kier alpha value is -0.610. The average molecular weight is 268 g/mol. The molecule has 0 saturated carbocycles. The molecular weight excluding hydrogens is 246 g/mol. The molecule has 0 spiro atoms. The maximum atomic E-state index is 5.85. The normalized spacial score (nSPS) is 16.9. The Labute approximate surface area is 115 Å². The SMILES string of the molecule is Clc1ccc(CNCCCN2CCNCC2)cc1. The van der Waals surface area contributed by atoms with E-state index in [4.69, 9.17) is 11.6 Å². The molecule has 1 saturated heterocycles. The third-order valence-electron chi connectivity index (χ3n) is 3.28. The lowest BCUT2D eigenvalue weighted by Crippen LogP contribution is -2.44. The van der Waals surface area contributed by atoms with Crippen LogP contribution in [0.15, 0.2) is 24.3 Å². The van der Waals surface area contributed by atoms with E-state index in [0.29, 0.717) is 0 Å². The zero-order valence-corrected chi connectivity index (χ0v) is 11.5. The van der Waals surface area contributed by atoms with Gasteiger partial charge in [0.05, 0.1) is 0 Å². The van der Waals surface area contributed by atoms with Gasteiger partial charge >= 0.3 is 0 Å². The fourth-order valence-corrected chi connectivity index (χ4v) is 2.32. The fourth-order valence-electron chi connectivity index (χ4n) is 2.20. The number of rotatable bonds is 6. The van der Waals surface area contributed by atoms with E-state index in [9.17, 15) is 0 Å². The lowest BCUT2D eigenvalue weighted by Gasteiger charge is -2.27. The van der Waals surface area contributed by atoms with Gasteiger partial charge < -0.3 is 15.5 Å². The van der Waals surface area contributed by atoms with Crippen LogP contribution in [-0.2, 0) is 6.54 Å². The molecule has 1 heterocycles. The van der Waals surface area contributed by atoms with Crippen LogP contribution in [0, 0.1) is 0 Å². The third kappa shape index (κ3) is 4.94. The molecule has 0 aromatic heterocycles. The molecule has 1 aromatic carbocycles. The summed E-state index contributed by atoms with van der Waals surface area (Å²) in [6.45, 7) is 7.87. The monoisotopic (exact) mass is 267 g/mol. The molecule has 2 N–H and O–H groups in total. The Bertz CT molecular complexity index is 333. The van der Waals surface area contributed by atoms with Crippen molar-refractivity contribution >= 4 is 11.6 Å². The van der Waals surface area contributed by atoms with Gasteiger partial charge in [-0.2, -0.15) is 0 Å². The molecule has 0 atom stereocenters. The van der Waals surface area contributed by atoms with E-state index in [1.165, 1.54) is 31.6 Å². The van der Waals surface area contributed by atoms with Crippen molar-refractivity contribution in [3.8, 4) is 0 Å². The molecule has 0 amide bonds. The van der Waals surface area contributed by atoms with Gasteiger partial charge in [0.25, 0.3) is 0 Å². The lowest BCUT2D eigenvalue weighted by molar-refractivity contribution is 0.237. The number of hydrogen-bond acceptors (Lipinski definition) is 3. The Balaban J connectivity index is 1.54. The third-order valence-corrected chi connectivity index (χ3v) is 3.53. The van der Waals surface area contributed by atoms with E-state index in [1.54, 1.807) is 0 Å². The summed E-state index contributed by atoms with van der Waals surface area (Å²) >= 11 is 5.85. The summed E-state index contributed by atoms with van der Waals surface area (Å²) < 4.78 is 0. The number of halogens is 1. The minimum absolute atomic E-state index is 0.803. The number of hydrogen-bond donors (Lipinski definition) is 2. The molecule has 0 bridgehead atoms. The minimum Gasteiger partial charge on any atom is -0.314 e. The number of piperazine rings is 1. The van der Waals surface area contributed by atoms with Crippen LogP contribution in [0.5, 0.6) is 0 Å². The number of benzene rings is 1. The predicted molar refractivity (Wildman–Crippen MR) is 77.1 cm³/mol. The van der Waals surface area contributed by atoms with E-state index in [0.717, 1.165) is 31.2 Å². The topological polar surface area (TPSA) is 27.3 Å².